The van der Waals surface area contributed by atoms with Gasteiger partial charge in [-0.25, -0.2) is 18.4 Å². The molecule has 1 N–H and O–H groups in total. The van der Waals surface area contributed by atoms with Crippen LogP contribution in [0, 0.1) is 0 Å². The molecule has 2 aromatic rings. The zero-order chi connectivity index (χ0) is 11.6. The van der Waals surface area contributed by atoms with Crippen LogP contribution >= 0.6 is 0 Å². The highest BCUT2D eigenvalue weighted by molar-refractivity contribution is 7.73. The highest BCUT2D eigenvalue weighted by Crippen LogP contribution is 2.03. The van der Waals surface area contributed by atoms with Crippen LogP contribution in [0.15, 0.2) is 55.1 Å². The largest absolute Gasteiger partial charge is 0.286 e. The Morgan fingerprint density at radius 2 is 1.56 bits per heavy atom. The van der Waals surface area contributed by atoms with Crippen molar-refractivity contribution in [2.75, 3.05) is 4.72 Å². The topological polar surface area (TPSA) is 72.0 Å². The van der Waals surface area contributed by atoms with Crippen LogP contribution in [0.1, 0.15) is 0 Å². The van der Waals surface area contributed by atoms with Gasteiger partial charge in [-0.15, -0.1) is 0 Å². The molecule has 0 spiro atoms. The molecule has 0 aliphatic carbocycles. The van der Waals surface area contributed by atoms with Gasteiger partial charge in [-0.1, -0.05) is 18.2 Å². The molecule has 0 bridgehead atoms. The van der Waals surface area contributed by atoms with Gasteiger partial charge >= 0.3 is 0 Å². The van der Waals surface area contributed by atoms with Crippen molar-refractivity contribution in [3.05, 3.63) is 55.1 Å². The van der Waals surface area contributed by atoms with E-state index in [9.17, 15) is 8.42 Å². The summed E-state index contributed by atoms with van der Waals surface area (Å²) in [4.78, 5) is 7.35. The fourth-order valence-corrected chi connectivity index (χ4v) is 1.23. The smallest absolute Gasteiger partial charge is 0.222 e. The third-order valence-corrected chi connectivity index (χ3v) is 1.91. The summed E-state index contributed by atoms with van der Waals surface area (Å²) in [6, 6.07) is 10.5. The molecule has 84 valence electrons. The second kappa shape index (κ2) is 7.36. The molecule has 6 heteroatoms. The van der Waals surface area contributed by atoms with E-state index < -0.39 is 10.9 Å². The highest BCUT2D eigenvalue weighted by Gasteiger charge is 1.85. The van der Waals surface area contributed by atoms with Gasteiger partial charge in [-0.3, -0.25) is 4.72 Å². The molecule has 0 saturated heterocycles. The number of anilines is 1. The SMILES string of the molecule is O=[SH](=O)Nc1ccccc1.c1cncnc1. The van der Waals surface area contributed by atoms with Gasteiger partial charge in [-0.05, 0) is 18.2 Å². The summed E-state index contributed by atoms with van der Waals surface area (Å²) < 4.78 is 22.4. The van der Waals surface area contributed by atoms with Gasteiger partial charge in [0.2, 0.25) is 10.9 Å². The van der Waals surface area contributed by atoms with E-state index in [4.69, 9.17) is 0 Å². The lowest BCUT2D eigenvalue weighted by molar-refractivity contribution is 0.619. The Morgan fingerprint density at radius 3 is 1.94 bits per heavy atom. The highest BCUT2D eigenvalue weighted by atomic mass is 32.2. The minimum absolute atomic E-state index is 0.596. The monoisotopic (exact) mass is 237 g/mol. The molecule has 0 saturated carbocycles. The molecule has 5 nitrogen and oxygen atoms in total. The van der Waals surface area contributed by atoms with Crippen LogP contribution < -0.4 is 4.72 Å². The zero-order valence-electron chi connectivity index (χ0n) is 8.35. The maximum Gasteiger partial charge on any atom is 0.222 e. The molecule has 0 radical (unpaired) electrons. The van der Waals surface area contributed by atoms with Gasteiger partial charge in [0, 0.05) is 18.1 Å². The van der Waals surface area contributed by atoms with Crippen LogP contribution in [0.3, 0.4) is 0 Å². The standard InChI is InChI=1S/C6H7NO2S.C4H4N2/c8-10(9)7-6-4-2-1-3-5-6;1-2-5-4-6-3-1/h1-5,10H,(H,7,8,9);1-4H. The van der Waals surface area contributed by atoms with Gasteiger partial charge in [0.1, 0.15) is 6.33 Å². The van der Waals surface area contributed by atoms with E-state index in [1.165, 1.54) is 6.33 Å². The third-order valence-electron chi connectivity index (χ3n) is 1.47. The Hall–Kier alpha value is -1.95. The predicted octanol–water partition coefficient (Wildman–Crippen LogP) is 1.10. The Balaban J connectivity index is 0.000000181. The molecular weight excluding hydrogens is 226 g/mol. The Kier molecular flexibility index (Phi) is 5.57. The Labute approximate surface area is 95.3 Å². The van der Waals surface area contributed by atoms with Crippen molar-refractivity contribution in [1.29, 1.82) is 0 Å². The van der Waals surface area contributed by atoms with E-state index in [1.54, 1.807) is 42.7 Å². The number of para-hydroxylation sites is 1. The molecule has 1 aromatic carbocycles. The lowest BCUT2D eigenvalue weighted by Crippen LogP contribution is -1.93. The van der Waals surface area contributed by atoms with Gasteiger partial charge in [-0.2, -0.15) is 0 Å². The summed E-state index contributed by atoms with van der Waals surface area (Å²) in [6.07, 6.45) is 4.88. The number of aromatic nitrogens is 2. The van der Waals surface area contributed by atoms with E-state index in [0.717, 1.165) is 0 Å². The molecule has 0 unspecified atom stereocenters. The van der Waals surface area contributed by atoms with Crippen LogP contribution in [-0.4, -0.2) is 18.4 Å². The first-order valence-electron chi connectivity index (χ1n) is 4.45. The molecule has 2 rings (SSSR count). The van der Waals surface area contributed by atoms with Gasteiger partial charge < -0.3 is 0 Å². The van der Waals surface area contributed by atoms with E-state index in [-0.39, 0.29) is 0 Å². The lowest BCUT2D eigenvalue weighted by atomic mass is 10.3. The maximum absolute atomic E-state index is 10.1. The number of nitrogens with one attached hydrogen (secondary N) is 1. The number of hydrogen-bond donors (Lipinski definition) is 2. The van der Waals surface area contributed by atoms with Crippen molar-refractivity contribution < 1.29 is 8.42 Å². The maximum atomic E-state index is 10.1. The second-order valence-electron chi connectivity index (χ2n) is 2.64. The van der Waals surface area contributed by atoms with Crippen molar-refractivity contribution in [1.82, 2.24) is 9.97 Å². The van der Waals surface area contributed by atoms with Crippen LogP contribution in [0.5, 0.6) is 0 Å². The van der Waals surface area contributed by atoms with Crippen LogP contribution in [0.25, 0.3) is 0 Å². The third kappa shape index (κ3) is 5.71. The molecule has 1 aromatic heterocycles. The first-order valence-corrected chi connectivity index (χ1v) is 5.63. The van der Waals surface area contributed by atoms with Crippen LogP contribution in [0.4, 0.5) is 5.69 Å². The number of rotatable bonds is 2. The number of nitrogens with zero attached hydrogens (tertiary/aromatic N) is 2. The predicted molar refractivity (Wildman–Crippen MR) is 62.4 cm³/mol. The molecule has 1 heterocycles. The summed E-state index contributed by atoms with van der Waals surface area (Å²) in [5.41, 5.74) is 0.596. The van der Waals surface area contributed by atoms with E-state index in [0.29, 0.717) is 5.69 Å². The first-order chi connectivity index (χ1) is 7.79. The fraction of sp³-hybridized carbons (Fsp3) is 0. The Morgan fingerprint density at radius 1 is 0.938 bits per heavy atom. The molecule has 0 aliphatic rings. The van der Waals surface area contributed by atoms with E-state index in [1.807, 2.05) is 6.07 Å². The number of benzene rings is 1. The first kappa shape index (κ1) is 12.1. The van der Waals surface area contributed by atoms with E-state index >= 15 is 0 Å². The summed E-state index contributed by atoms with van der Waals surface area (Å²) in [5.74, 6) is 0. The summed E-state index contributed by atoms with van der Waals surface area (Å²) in [6.45, 7) is 0. The minimum atomic E-state index is -2.53. The Bertz CT molecular complexity index is 425. The van der Waals surface area contributed by atoms with Crippen LogP contribution in [0.2, 0.25) is 0 Å². The molecular formula is C10H11N3O2S. The van der Waals surface area contributed by atoms with Crippen molar-refractivity contribution in [2.45, 2.75) is 0 Å². The normalized spacial score (nSPS) is 9.06. The summed E-state index contributed by atoms with van der Waals surface area (Å²) in [7, 11) is -2.53. The minimum Gasteiger partial charge on any atom is -0.286 e. The number of hydrogen-bond acceptors (Lipinski definition) is 4. The second-order valence-corrected chi connectivity index (χ2v) is 3.38. The van der Waals surface area contributed by atoms with Gasteiger partial charge in [0.15, 0.2) is 0 Å². The molecule has 0 amide bonds. The average Bonchev–Trinajstić information content (AvgIpc) is 2.32. The van der Waals surface area contributed by atoms with Crippen molar-refractivity contribution in [3.63, 3.8) is 0 Å². The molecule has 0 aliphatic heterocycles. The molecule has 0 atom stereocenters. The van der Waals surface area contributed by atoms with Crippen molar-refractivity contribution in [2.24, 2.45) is 0 Å². The molecule has 0 fully saturated rings. The van der Waals surface area contributed by atoms with Crippen molar-refractivity contribution >= 4 is 16.6 Å². The summed E-state index contributed by atoms with van der Waals surface area (Å²) in [5, 5.41) is 0. The average molecular weight is 237 g/mol. The number of thiol groups is 1. The zero-order valence-corrected chi connectivity index (χ0v) is 9.25. The quantitative estimate of drug-likeness (QED) is 0.767. The fourth-order valence-electron chi connectivity index (χ4n) is 0.871. The lowest BCUT2D eigenvalue weighted by Gasteiger charge is -1.94. The van der Waals surface area contributed by atoms with Gasteiger partial charge in [0.05, 0.1) is 0 Å². The molecule has 16 heavy (non-hydrogen) atoms. The summed E-state index contributed by atoms with van der Waals surface area (Å²) >= 11 is 0. The van der Waals surface area contributed by atoms with E-state index in [2.05, 4.69) is 14.7 Å². The van der Waals surface area contributed by atoms with Crippen LogP contribution in [-0.2, 0) is 10.9 Å². The van der Waals surface area contributed by atoms with Gasteiger partial charge in [0.25, 0.3) is 0 Å². The van der Waals surface area contributed by atoms with Crippen molar-refractivity contribution in [3.8, 4) is 0 Å².